The van der Waals surface area contributed by atoms with E-state index >= 15 is 0 Å². The number of hydrazine groups is 1. The Balaban J connectivity index is 2.34. The quantitative estimate of drug-likeness (QED) is 0.562. The van der Waals surface area contributed by atoms with Gasteiger partial charge in [-0.1, -0.05) is 18.2 Å². The maximum atomic E-state index is 5.36. The zero-order valence-corrected chi connectivity index (χ0v) is 11.2. The molecule has 0 aliphatic carbocycles. The van der Waals surface area contributed by atoms with E-state index in [-0.39, 0.29) is 0 Å². The molecular weight excluding hydrogens is 242 g/mol. The number of rotatable bonds is 4. The fraction of sp³-hybridized carbons (Fsp3) is 0.250. The zero-order chi connectivity index (χ0) is 13.8. The van der Waals surface area contributed by atoms with Crippen molar-refractivity contribution in [2.45, 2.75) is 6.92 Å². The molecule has 0 spiro atoms. The lowest BCUT2D eigenvalue weighted by Crippen LogP contribution is -2.18. The van der Waals surface area contributed by atoms with E-state index in [1.165, 1.54) is 0 Å². The number of aryl methyl sites for hydroxylation is 1. The van der Waals surface area contributed by atoms with Gasteiger partial charge in [-0.15, -0.1) is 0 Å². The fourth-order valence-electron chi connectivity index (χ4n) is 1.52. The molecule has 19 heavy (non-hydrogen) atoms. The van der Waals surface area contributed by atoms with Crippen LogP contribution in [-0.4, -0.2) is 29.0 Å². The van der Waals surface area contributed by atoms with E-state index in [0.29, 0.717) is 17.8 Å². The van der Waals surface area contributed by atoms with Crippen molar-refractivity contribution < 1.29 is 0 Å². The number of nitrogen functional groups attached to an aromatic ring is 1. The van der Waals surface area contributed by atoms with Crippen LogP contribution in [-0.2, 0) is 0 Å². The third kappa shape index (κ3) is 3.08. The largest absolute Gasteiger partial charge is 0.347 e. The van der Waals surface area contributed by atoms with Crippen LogP contribution in [0.4, 0.5) is 23.5 Å². The zero-order valence-electron chi connectivity index (χ0n) is 11.2. The Hall–Kier alpha value is -2.41. The number of anilines is 4. The van der Waals surface area contributed by atoms with Crippen molar-refractivity contribution in [2.24, 2.45) is 5.84 Å². The van der Waals surface area contributed by atoms with Crippen molar-refractivity contribution in [3.05, 3.63) is 29.8 Å². The Labute approximate surface area is 111 Å². The van der Waals surface area contributed by atoms with Gasteiger partial charge in [0.25, 0.3) is 0 Å². The number of nitrogens with two attached hydrogens (primary N) is 1. The van der Waals surface area contributed by atoms with Crippen molar-refractivity contribution in [1.82, 2.24) is 15.0 Å². The second kappa shape index (κ2) is 5.49. The van der Waals surface area contributed by atoms with E-state index in [9.17, 15) is 0 Å². The van der Waals surface area contributed by atoms with Gasteiger partial charge < -0.3 is 10.2 Å². The van der Waals surface area contributed by atoms with E-state index in [1.807, 2.05) is 45.3 Å². The number of benzene rings is 1. The van der Waals surface area contributed by atoms with Gasteiger partial charge in [0.05, 0.1) is 0 Å². The molecule has 0 fully saturated rings. The van der Waals surface area contributed by atoms with Gasteiger partial charge in [0.15, 0.2) is 0 Å². The summed E-state index contributed by atoms with van der Waals surface area (Å²) in [5.41, 5.74) is 4.49. The smallest absolute Gasteiger partial charge is 0.243 e. The SMILES string of the molecule is Cc1ccccc1Nc1nc(NN)nc(N(C)C)n1. The summed E-state index contributed by atoms with van der Waals surface area (Å²) in [7, 11) is 3.71. The van der Waals surface area contributed by atoms with Gasteiger partial charge >= 0.3 is 0 Å². The summed E-state index contributed by atoms with van der Waals surface area (Å²) in [6.07, 6.45) is 0. The van der Waals surface area contributed by atoms with E-state index < -0.39 is 0 Å². The predicted octanol–water partition coefficient (Wildman–Crippen LogP) is 1.28. The lowest BCUT2D eigenvalue weighted by Gasteiger charge is -2.13. The van der Waals surface area contributed by atoms with E-state index in [4.69, 9.17) is 5.84 Å². The molecule has 1 heterocycles. The number of aromatic nitrogens is 3. The first-order valence-electron chi connectivity index (χ1n) is 5.83. The van der Waals surface area contributed by atoms with Gasteiger partial charge in [-0.25, -0.2) is 5.84 Å². The molecule has 0 radical (unpaired) electrons. The van der Waals surface area contributed by atoms with E-state index in [2.05, 4.69) is 25.7 Å². The summed E-state index contributed by atoms with van der Waals surface area (Å²) >= 11 is 0. The molecule has 0 amide bonds. The molecular formula is C12H17N7. The Morgan fingerprint density at radius 2 is 1.74 bits per heavy atom. The summed E-state index contributed by atoms with van der Waals surface area (Å²) in [5, 5.41) is 3.16. The third-order valence-corrected chi connectivity index (χ3v) is 2.54. The van der Waals surface area contributed by atoms with Gasteiger partial charge in [-0.2, -0.15) is 15.0 Å². The number of hydrogen-bond acceptors (Lipinski definition) is 7. The highest BCUT2D eigenvalue weighted by atomic mass is 15.4. The lowest BCUT2D eigenvalue weighted by molar-refractivity contribution is 0.957. The van der Waals surface area contributed by atoms with Crippen molar-refractivity contribution in [3.8, 4) is 0 Å². The first kappa shape index (κ1) is 13.0. The van der Waals surface area contributed by atoms with Gasteiger partial charge in [0, 0.05) is 19.8 Å². The summed E-state index contributed by atoms with van der Waals surface area (Å²) in [6, 6.07) is 7.90. The molecule has 0 atom stereocenters. The minimum Gasteiger partial charge on any atom is -0.347 e. The molecule has 4 N–H and O–H groups in total. The fourth-order valence-corrected chi connectivity index (χ4v) is 1.52. The van der Waals surface area contributed by atoms with E-state index in [1.54, 1.807) is 4.90 Å². The minimum absolute atomic E-state index is 0.315. The Morgan fingerprint density at radius 1 is 1.05 bits per heavy atom. The highest BCUT2D eigenvalue weighted by molar-refractivity contribution is 5.59. The highest BCUT2D eigenvalue weighted by Gasteiger charge is 2.08. The minimum atomic E-state index is 0.315. The Morgan fingerprint density at radius 3 is 2.37 bits per heavy atom. The van der Waals surface area contributed by atoms with Crippen LogP contribution in [0.1, 0.15) is 5.56 Å². The summed E-state index contributed by atoms with van der Waals surface area (Å²) in [5.74, 6) is 6.65. The van der Waals surface area contributed by atoms with E-state index in [0.717, 1.165) is 11.3 Å². The highest BCUT2D eigenvalue weighted by Crippen LogP contribution is 2.19. The second-order valence-electron chi connectivity index (χ2n) is 4.26. The van der Waals surface area contributed by atoms with Gasteiger partial charge in [0.1, 0.15) is 0 Å². The van der Waals surface area contributed by atoms with Crippen LogP contribution < -0.4 is 21.5 Å². The Bertz CT molecular complexity index is 568. The Kier molecular flexibility index (Phi) is 3.76. The lowest BCUT2D eigenvalue weighted by atomic mass is 10.2. The molecule has 0 bridgehead atoms. The number of nitrogens with one attached hydrogen (secondary N) is 2. The number of hydrogen-bond donors (Lipinski definition) is 3. The molecule has 100 valence electrons. The molecule has 1 aromatic carbocycles. The first-order chi connectivity index (χ1) is 9.10. The molecule has 0 aliphatic heterocycles. The predicted molar refractivity (Wildman–Crippen MR) is 76.4 cm³/mol. The van der Waals surface area contributed by atoms with Crippen LogP contribution in [0.15, 0.2) is 24.3 Å². The summed E-state index contributed by atoms with van der Waals surface area (Å²) in [4.78, 5) is 14.4. The number of nitrogens with zero attached hydrogens (tertiary/aromatic N) is 4. The maximum Gasteiger partial charge on any atom is 0.243 e. The molecule has 0 aliphatic rings. The molecule has 0 unspecified atom stereocenters. The average molecular weight is 259 g/mol. The van der Waals surface area contributed by atoms with Crippen LogP contribution in [0.25, 0.3) is 0 Å². The summed E-state index contributed by atoms with van der Waals surface area (Å²) < 4.78 is 0. The first-order valence-corrected chi connectivity index (χ1v) is 5.83. The van der Waals surface area contributed by atoms with Crippen molar-refractivity contribution in [3.63, 3.8) is 0 Å². The second-order valence-corrected chi connectivity index (χ2v) is 4.26. The van der Waals surface area contributed by atoms with Gasteiger partial charge in [-0.3, -0.25) is 5.43 Å². The monoisotopic (exact) mass is 259 g/mol. The van der Waals surface area contributed by atoms with Gasteiger partial charge in [0.2, 0.25) is 17.8 Å². The van der Waals surface area contributed by atoms with Crippen LogP contribution in [0, 0.1) is 6.92 Å². The average Bonchev–Trinajstić information content (AvgIpc) is 2.41. The number of para-hydroxylation sites is 1. The van der Waals surface area contributed by atoms with Crippen LogP contribution in [0.3, 0.4) is 0 Å². The molecule has 7 heteroatoms. The van der Waals surface area contributed by atoms with Crippen LogP contribution >= 0.6 is 0 Å². The standard InChI is InChI=1S/C12H17N7/c1-8-6-4-5-7-9(8)14-10-15-11(18-13)17-12(16-10)19(2)3/h4-7H,13H2,1-3H3,(H2,14,15,16,17,18). The third-order valence-electron chi connectivity index (χ3n) is 2.54. The van der Waals surface area contributed by atoms with Crippen molar-refractivity contribution >= 4 is 23.5 Å². The van der Waals surface area contributed by atoms with Crippen LogP contribution in [0.2, 0.25) is 0 Å². The molecule has 1 aromatic heterocycles. The molecule has 0 saturated carbocycles. The van der Waals surface area contributed by atoms with Gasteiger partial charge in [-0.05, 0) is 18.6 Å². The van der Waals surface area contributed by atoms with Crippen molar-refractivity contribution in [2.75, 3.05) is 29.7 Å². The molecule has 2 aromatic rings. The summed E-state index contributed by atoms with van der Waals surface area (Å²) in [6.45, 7) is 2.01. The molecule has 7 nitrogen and oxygen atoms in total. The topological polar surface area (TPSA) is 92.0 Å². The van der Waals surface area contributed by atoms with Crippen LogP contribution in [0.5, 0.6) is 0 Å². The normalized spacial score (nSPS) is 10.1. The van der Waals surface area contributed by atoms with Crippen molar-refractivity contribution in [1.29, 1.82) is 0 Å². The molecule has 0 saturated heterocycles. The maximum absolute atomic E-state index is 5.36. The molecule has 2 rings (SSSR count).